The Balaban J connectivity index is 1.95. The molecule has 0 saturated carbocycles. The highest BCUT2D eigenvalue weighted by atomic mass is 16.5. The average Bonchev–Trinajstić information content (AvgIpc) is 2.90. The van der Waals surface area contributed by atoms with Gasteiger partial charge in [0.05, 0.1) is 7.11 Å². The molecular weight excluding hydrogens is 248 g/mol. The minimum Gasteiger partial charge on any atom is -0.497 e. The first kappa shape index (κ1) is 13.3. The molecule has 1 N–H and O–H groups in total. The molecule has 106 valence electrons. The summed E-state index contributed by atoms with van der Waals surface area (Å²) in [6.07, 6.45) is 5.61. The highest BCUT2D eigenvalue weighted by Crippen LogP contribution is 2.31. The number of methoxy groups -OCH3 is 1. The van der Waals surface area contributed by atoms with Crippen molar-refractivity contribution in [2.24, 2.45) is 0 Å². The second kappa shape index (κ2) is 5.33. The van der Waals surface area contributed by atoms with Gasteiger partial charge in [-0.05, 0) is 44.0 Å². The second-order valence-corrected chi connectivity index (χ2v) is 5.68. The first-order valence-electron chi connectivity index (χ1n) is 7.27. The number of aromatic nitrogens is 1. The van der Waals surface area contributed by atoms with Crippen LogP contribution < -0.4 is 4.74 Å². The van der Waals surface area contributed by atoms with Crippen LogP contribution in [0.1, 0.15) is 25.8 Å². The SMILES string of the molecule is COc1ccc2[nH]cc(C3=CCN(C(C)C)CC3)c2c1. The number of nitrogens with one attached hydrogen (secondary N) is 1. The summed E-state index contributed by atoms with van der Waals surface area (Å²) in [6.45, 7) is 6.70. The maximum Gasteiger partial charge on any atom is 0.119 e. The number of hydrogen-bond donors (Lipinski definition) is 1. The first-order chi connectivity index (χ1) is 9.69. The van der Waals surface area contributed by atoms with E-state index in [9.17, 15) is 0 Å². The summed E-state index contributed by atoms with van der Waals surface area (Å²) in [6, 6.07) is 6.83. The molecule has 0 saturated heterocycles. The minimum absolute atomic E-state index is 0.621. The van der Waals surface area contributed by atoms with Crippen LogP contribution in [0.3, 0.4) is 0 Å². The van der Waals surface area contributed by atoms with Gasteiger partial charge in [0.25, 0.3) is 0 Å². The zero-order chi connectivity index (χ0) is 14.1. The highest BCUT2D eigenvalue weighted by Gasteiger charge is 2.17. The van der Waals surface area contributed by atoms with E-state index in [-0.39, 0.29) is 0 Å². The van der Waals surface area contributed by atoms with Crippen molar-refractivity contribution in [1.82, 2.24) is 9.88 Å². The number of hydrogen-bond acceptors (Lipinski definition) is 2. The van der Waals surface area contributed by atoms with Crippen LogP contribution in [0.25, 0.3) is 16.5 Å². The van der Waals surface area contributed by atoms with Crippen molar-refractivity contribution in [2.75, 3.05) is 20.2 Å². The standard InChI is InChI=1S/C17H22N2O/c1-12(2)19-8-6-13(7-9-19)16-11-18-17-5-4-14(20-3)10-15(16)17/h4-6,10-12,18H,7-9H2,1-3H3. The first-order valence-corrected chi connectivity index (χ1v) is 7.27. The van der Waals surface area contributed by atoms with Gasteiger partial charge in [0.15, 0.2) is 0 Å². The van der Waals surface area contributed by atoms with E-state index >= 15 is 0 Å². The third kappa shape index (κ3) is 2.34. The normalized spacial score (nSPS) is 16.7. The molecule has 2 heterocycles. The van der Waals surface area contributed by atoms with Gasteiger partial charge in [0, 0.05) is 41.8 Å². The molecule has 1 aliphatic rings. The molecule has 0 bridgehead atoms. The molecular formula is C17H22N2O. The lowest BCUT2D eigenvalue weighted by Gasteiger charge is -2.29. The van der Waals surface area contributed by atoms with Crippen molar-refractivity contribution in [3.05, 3.63) is 36.0 Å². The van der Waals surface area contributed by atoms with Crippen molar-refractivity contribution >= 4 is 16.5 Å². The number of ether oxygens (including phenoxy) is 1. The Morgan fingerprint density at radius 2 is 2.15 bits per heavy atom. The lowest BCUT2D eigenvalue weighted by molar-refractivity contribution is 0.245. The van der Waals surface area contributed by atoms with Crippen LogP contribution >= 0.6 is 0 Å². The zero-order valence-corrected chi connectivity index (χ0v) is 12.4. The Morgan fingerprint density at radius 3 is 2.80 bits per heavy atom. The molecule has 2 aromatic rings. The minimum atomic E-state index is 0.621. The van der Waals surface area contributed by atoms with E-state index < -0.39 is 0 Å². The Morgan fingerprint density at radius 1 is 1.30 bits per heavy atom. The summed E-state index contributed by atoms with van der Waals surface area (Å²) in [7, 11) is 1.72. The van der Waals surface area contributed by atoms with Crippen molar-refractivity contribution in [1.29, 1.82) is 0 Å². The molecule has 20 heavy (non-hydrogen) atoms. The van der Waals surface area contributed by atoms with Crippen molar-refractivity contribution in [3.8, 4) is 5.75 Å². The number of aromatic amines is 1. The second-order valence-electron chi connectivity index (χ2n) is 5.68. The lowest BCUT2D eigenvalue weighted by atomic mass is 9.98. The topological polar surface area (TPSA) is 28.3 Å². The van der Waals surface area contributed by atoms with Crippen LogP contribution in [0.4, 0.5) is 0 Å². The molecule has 0 atom stereocenters. The smallest absolute Gasteiger partial charge is 0.119 e. The van der Waals surface area contributed by atoms with Crippen LogP contribution in [0.15, 0.2) is 30.5 Å². The van der Waals surface area contributed by atoms with E-state index in [0.29, 0.717) is 6.04 Å². The number of H-pyrrole nitrogens is 1. The van der Waals surface area contributed by atoms with Crippen molar-refractivity contribution < 1.29 is 4.74 Å². The van der Waals surface area contributed by atoms with Crippen LogP contribution in [0.2, 0.25) is 0 Å². The summed E-state index contributed by atoms with van der Waals surface area (Å²) in [5.74, 6) is 0.915. The average molecular weight is 270 g/mol. The molecule has 3 rings (SSSR count). The third-order valence-corrected chi connectivity index (χ3v) is 4.21. The van der Waals surface area contributed by atoms with E-state index in [1.54, 1.807) is 7.11 Å². The number of fused-ring (bicyclic) bond motifs is 1. The maximum absolute atomic E-state index is 5.34. The number of benzene rings is 1. The molecule has 0 radical (unpaired) electrons. The van der Waals surface area contributed by atoms with Gasteiger partial charge in [0.1, 0.15) is 5.75 Å². The zero-order valence-electron chi connectivity index (χ0n) is 12.4. The van der Waals surface area contributed by atoms with Gasteiger partial charge in [-0.2, -0.15) is 0 Å². The Bertz CT molecular complexity index is 639. The Labute approximate surface area is 120 Å². The lowest BCUT2D eigenvalue weighted by Crippen LogP contribution is -2.34. The summed E-state index contributed by atoms with van der Waals surface area (Å²) >= 11 is 0. The fourth-order valence-corrected chi connectivity index (χ4v) is 2.89. The number of nitrogens with zero attached hydrogens (tertiary/aromatic N) is 1. The number of rotatable bonds is 3. The summed E-state index contributed by atoms with van der Waals surface area (Å²) in [4.78, 5) is 5.86. The van der Waals surface area contributed by atoms with Gasteiger partial charge in [-0.3, -0.25) is 4.90 Å². The predicted molar refractivity (Wildman–Crippen MR) is 84.2 cm³/mol. The maximum atomic E-state index is 5.34. The molecule has 1 aromatic heterocycles. The molecule has 0 amide bonds. The monoisotopic (exact) mass is 270 g/mol. The Hall–Kier alpha value is -1.74. The molecule has 0 spiro atoms. The fourth-order valence-electron chi connectivity index (χ4n) is 2.89. The molecule has 0 unspecified atom stereocenters. The van der Waals surface area contributed by atoms with Gasteiger partial charge in [0.2, 0.25) is 0 Å². The largest absolute Gasteiger partial charge is 0.497 e. The molecule has 0 aliphatic carbocycles. The molecule has 3 nitrogen and oxygen atoms in total. The molecule has 3 heteroatoms. The van der Waals surface area contributed by atoms with E-state index in [0.717, 1.165) is 25.3 Å². The van der Waals surface area contributed by atoms with Gasteiger partial charge in [-0.15, -0.1) is 0 Å². The van der Waals surface area contributed by atoms with Crippen LogP contribution in [0.5, 0.6) is 5.75 Å². The highest BCUT2D eigenvalue weighted by molar-refractivity contribution is 5.93. The van der Waals surface area contributed by atoms with Crippen molar-refractivity contribution in [2.45, 2.75) is 26.3 Å². The van der Waals surface area contributed by atoms with E-state index in [4.69, 9.17) is 4.74 Å². The molecule has 1 aliphatic heterocycles. The summed E-state index contributed by atoms with van der Waals surface area (Å²) < 4.78 is 5.34. The van der Waals surface area contributed by atoms with Crippen molar-refractivity contribution in [3.63, 3.8) is 0 Å². The molecule has 0 fully saturated rings. The summed E-state index contributed by atoms with van der Waals surface area (Å²) in [5.41, 5.74) is 3.94. The van der Waals surface area contributed by atoms with Gasteiger partial charge < -0.3 is 9.72 Å². The third-order valence-electron chi connectivity index (χ3n) is 4.21. The van der Waals surface area contributed by atoms with E-state index in [1.807, 2.05) is 6.07 Å². The van der Waals surface area contributed by atoms with Gasteiger partial charge >= 0.3 is 0 Å². The van der Waals surface area contributed by atoms with Crippen LogP contribution in [0, 0.1) is 0 Å². The van der Waals surface area contributed by atoms with Gasteiger partial charge in [-0.1, -0.05) is 6.08 Å². The van der Waals surface area contributed by atoms with Crippen LogP contribution in [-0.4, -0.2) is 36.1 Å². The summed E-state index contributed by atoms with van der Waals surface area (Å²) in [5, 5.41) is 1.26. The van der Waals surface area contributed by atoms with E-state index in [2.05, 4.69) is 48.1 Å². The predicted octanol–water partition coefficient (Wildman–Crippen LogP) is 3.67. The van der Waals surface area contributed by atoms with E-state index in [1.165, 1.54) is 22.0 Å². The quantitative estimate of drug-likeness (QED) is 0.921. The van der Waals surface area contributed by atoms with Gasteiger partial charge in [-0.25, -0.2) is 0 Å². The fraction of sp³-hybridized carbons (Fsp3) is 0.412. The molecule has 1 aromatic carbocycles. The Kier molecular flexibility index (Phi) is 3.53. The van der Waals surface area contributed by atoms with Crippen LogP contribution in [-0.2, 0) is 0 Å².